The van der Waals surface area contributed by atoms with E-state index in [-0.39, 0.29) is 23.4 Å². The maximum Gasteiger partial charge on any atom is 0.324 e. The Morgan fingerprint density at radius 3 is 2.39 bits per heavy atom. The van der Waals surface area contributed by atoms with E-state index in [2.05, 4.69) is 28.8 Å². The number of aromatic nitrogens is 3. The van der Waals surface area contributed by atoms with E-state index in [0.29, 0.717) is 12.5 Å². The van der Waals surface area contributed by atoms with Gasteiger partial charge >= 0.3 is 12.0 Å². The third-order valence-electron chi connectivity index (χ3n) is 2.19. The van der Waals surface area contributed by atoms with Gasteiger partial charge in [0.2, 0.25) is 5.28 Å². The van der Waals surface area contributed by atoms with Gasteiger partial charge in [-0.2, -0.15) is 9.97 Å². The Kier molecular flexibility index (Phi) is 6.12. The summed E-state index contributed by atoms with van der Waals surface area (Å²) in [5, 5.41) is 0.0822. The zero-order chi connectivity index (χ0) is 13.5. The molecule has 6 heteroatoms. The van der Waals surface area contributed by atoms with E-state index in [1.54, 1.807) is 0 Å². The standard InChI is InChI=1S/C12H20ClN3O2/c1-5-6-9(4)7-17-11-14-10(13)15-12(16-11)18-8(2)3/h8-9H,5-7H2,1-4H3. The van der Waals surface area contributed by atoms with Gasteiger partial charge in [0.15, 0.2) is 0 Å². The monoisotopic (exact) mass is 273 g/mol. The van der Waals surface area contributed by atoms with E-state index >= 15 is 0 Å². The van der Waals surface area contributed by atoms with Gasteiger partial charge in [-0.05, 0) is 37.8 Å². The number of ether oxygens (including phenoxy) is 2. The van der Waals surface area contributed by atoms with Gasteiger partial charge in [0.05, 0.1) is 12.7 Å². The van der Waals surface area contributed by atoms with E-state index in [1.807, 2.05) is 13.8 Å². The SMILES string of the molecule is CCCC(C)COc1nc(Cl)nc(OC(C)C)n1. The normalized spacial score (nSPS) is 12.6. The Hall–Kier alpha value is -1.10. The predicted molar refractivity (Wildman–Crippen MR) is 70.2 cm³/mol. The van der Waals surface area contributed by atoms with E-state index < -0.39 is 0 Å². The molecule has 1 aromatic heterocycles. The molecule has 0 amide bonds. The van der Waals surface area contributed by atoms with Crippen LogP contribution in [-0.4, -0.2) is 27.7 Å². The Morgan fingerprint density at radius 1 is 1.11 bits per heavy atom. The van der Waals surface area contributed by atoms with Gasteiger partial charge in [-0.3, -0.25) is 0 Å². The lowest BCUT2D eigenvalue weighted by atomic mass is 10.1. The third kappa shape index (κ3) is 5.49. The van der Waals surface area contributed by atoms with Crippen LogP contribution in [0.2, 0.25) is 5.28 Å². The molecule has 102 valence electrons. The van der Waals surface area contributed by atoms with Crippen molar-refractivity contribution in [3.05, 3.63) is 5.28 Å². The molecule has 0 spiro atoms. The van der Waals surface area contributed by atoms with E-state index in [9.17, 15) is 0 Å². The largest absolute Gasteiger partial charge is 0.463 e. The molecule has 1 rings (SSSR count). The van der Waals surface area contributed by atoms with Crippen LogP contribution in [0, 0.1) is 5.92 Å². The molecule has 0 fully saturated rings. The quantitative estimate of drug-likeness (QED) is 0.764. The first-order valence-electron chi connectivity index (χ1n) is 6.22. The Balaban J connectivity index is 2.62. The van der Waals surface area contributed by atoms with Crippen molar-refractivity contribution in [1.82, 2.24) is 15.0 Å². The first kappa shape index (κ1) is 15.0. The fourth-order valence-corrected chi connectivity index (χ4v) is 1.58. The molecule has 1 unspecified atom stereocenters. The minimum absolute atomic E-state index is 0.0182. The summed E-state index contributed by atoms with van der Waals surface area (Å²) in [6.07, 6.45) is 2.22. The van der Waals surface area contributed by atoms with Gasteiger partial charge in [0.25, 0.3) is 0 Å². The molecular weight excluding hydrogens is 254 g/mol. The van der Waals surface area contributed by atoms with Crippen molar-refractivity contribution >= 4 is 11.6 Å². The second-order valence-corrected chi connectivity index (χ2v) is 4.88. The van der Waals surface area contributed by atoms with E-state index in [1.165, 1.54) is 0 Å². The average Bonchev–Trinajstić information content (AvgIpc) is 2.25. The number of halogens is 1. The number of hydrogen-bond acceptors (Lipinski definition) is 5. The van der Waals surface area contributed by atoms with Crippen LogP contribution < -0.4 is 9.47 Å². The summed E-state index contributed by atoms with van der Waals surface area (Å²) in [7, 11) is 0. The fourth-order valence-electron chi connectivity index (χ4n) is 1.44. The third-order valence-corrected chi connectivity index (χ3v) is 2.36. The molecule has 0 saturated heterocycles. The Morgan fingerprint density at radius 2 is 1.78 bits per heavy atom. The van der Waals surface area contributed by atoms with Crippen LogP contribution in [0.25, 0.3) is 0 Å². The van der Waals surface area contributed by atoms with Crippen molar-refractivity contribution < 1.29 is 9.47 Å². The maximum absolute atomic E-state index is 5.79. The summed E-state index contributed by atoms with van der Waals surface area (Å²) < 4.78 is 10.9. The van der Waals surface area contributed by atoms with Crippen LogP contribution in [0.4, 0.5) is 0 Å². The number of rotatable bonds is 7. The van der Waals surface area contributed by atoms with Gasteiger partial charge in [0, 0.05) is 0 Å². The van der Waals surface area contributed by atoms with Crippen molar-refractivity contribution in [3.8, 4) is 12.0 Å². The van der Waals surface area contributed by atoms with Gasteiger partial charge in [0.1, 0.15) is 0 Å². The Labute approximate surface area is 113 Å². The lowest BCUT2D eigenvalue weighted by Gasteiger charge is -2.12. The first-order chi connectivity index (χ1) is 8.51. The number of hydrogen-bond donors (Lipinski definition) is 0. The second kappa shape index (κ2) is 7.36. The highest BCUT2D eigenvalue weighted by atomic mass is 35.5. The minimum atomic E-state index is -0.0182. The molecular formula is C12H20ClN3O2. The minimum Gasteiger partial charge on any atom is -0.463 e. The van der Waals surface area contributed by atoms with Crippen molar-refractivity contribution in [2.24, 2.45) is 5.92 Å². The average molecular weight is 274 g/mol. The van der Waals surface area contributed by atoms with Crippen LogP contribution in [-0.2, 0) is 0 Å². The maximum atomic E-state index is 5.79. The first-order valence-corrected chi connectivity index (χ1v) is 6.60. The van der Waals surface area contributed by atoms with Crippen LogP contribution >= 0.6 is 11.6 Å². The van der Waals surface area contributed by atoms with Crippen molar-refractivity contribution in [1.29, 1.82) is 0 Å². The van der Waals surface area contributed by atoms with Crippen molar-refractivity contribution in [2.75, 3.05) is 6.61 Å². The molecule has 0 aliphatic rings. The topological polar surface area (TPSA) is 57.1 Å². The van der Waals surface area contributed by atoms with Crippen molar-refractivity contribution in [2.45, 2.75) is 46.6 Å². The highest BCUT2D eigenvalue weighted by Gasteiger charge is 2.10. The van der Waals surface area contributed by atoms with Gasteiger partial charge in [-0.1, -0.05) is 20.3 Å². The fraction of sp³-hybridized carbons (Fsp3) is 0.750. The van der Waals surface area contributed by atoms with Gasteiger partial charge in [-0.25, -0.2) is 0 Å². The van der Waals surface area contributed by atoms with Gasteiger partial charge in [-0.15, -0.1) is 4.98 Å². The van der Waals surface area contributed by atoms with Crippen LogP contribution in [0.15, 0.2) is 0 Å². The molecule has 1 atom stereocenters. The molecule has 5 nitrogen and oxygen atoms in total. The zero-order valence-electron chi connectivity index (χ0n) is 11.3. The summed E-state index contributed by atoms with van der Waals surface area (Å²) in [6, 6.07) is 0.414. The molecule has 0 saturated carbocycles. The predicted octanol–water partition coefficient (Wildman–Crippen LogP) is 3.13. The summed E-state index contributed by atoms with van der Waals surface area (Å²) >= 11 is 5.79. The molecule has 0 radical (unpaired) electrons. The van der Waals surface area contributed by atoms with Crippen molar-refractivity contribution in [3.63, 3.8) is 0 Å². The zero-order valence-corrected chi connectivity index (χ0v) is 12.1. The lowest BCUT2D eigenvalue weighted by Crippen LogP contribution is -2.13. The summed E-state index contributed by atoms with van der Waals surface area (Å²) in [4.78, 5) is 11.8. The highest BCUT2D eigenvalue weighted by molar-refractivity contribution is 6.28. The van der Waals surface area contributed by atoms with E-state index in [4.69, 9.17) is 21.1 Å². The summed E-state index contributed by atoms with van der Waals surface area (Å²) in [6.45, 7) is 8.61. The Bertz CT molecular complexity index is 374. The molecule has 0 aromatic carbocycles. The molecule has 1 heterocycles. The van der Waals surface area contributed by atoms with Gasteiger partial charge < -0.3 is 9.47 Å². The molecule has 0 N–H and O–H groups in total. The molecule has 0 aliphatic carbocycles. The summed E-state index contributed by atoms with van der Waals surface area (Å²) in [5.41, 5.74) is 0. The smallest absolute Gasteiger partial charge is 0.324 e. The summed E-state index contributed by atoms with van der Waals surface area (Å²) in [5.74, 6) is 0.458. The molecule has 1 aromatic rings. The van der Waals surface area contributed by atoms with E-state index in [0.717, 1.165) is 12.8 Å². The molecule has 0 bridgehead atoms. The molecule has 0 aliphatic heterocycles. The number of nitrogens with zero attached hydrogens (tertiary/aromatic N) is 3. The highest BCUT2D eigenvalue weighted by Crippen LogP contribution is 2.15. The second-order valence-electron chi connectivity index (χ2n) is 4.54. The lowest BCUT2D eigenvalue weighted by molar-refractivity contribution is 0.203. The van der Waals surface area contributed by atoms with Crippen LogP contribution in [0.1, 0.15) is 40.5 Å². The van der Waals surface area contributed by atoms with Crippen LogP contribution in [0.5, 0.6) is 12.0 Å². The van der Waals surface area contributed by atoms with Crippen LogP contribution in [0.3, 0.4) is 0 Å². The molecule has 18 heavy (non-hydrogen) atoms.